The lowest BCUT2D eigenvalue weighted by atomic mass is 10.4. The third-order valence-corrected chi connectivity index (χ3v) is 4.49. The van der Waals surface area contributed by atoms with E-state index in [2.05, 4.69) is 4.36 Å². The molecular formula is C7H16N4O2S. The number of urea groups is 1. The van der Waals surface area contributed by atoms with Crippen molar-refractivity contribution in [2.45, 2.75) is 17.6 Å². The standard InChI is InChI=1S/C7H16N4O2S/c1-11(2)5-7(3-4-7)14(9,13)10-6(8)12/h3-5H2,1-2H3,(H4,8,9,10,12,13). The molecule has 1 unspecified atom stereocenters. The first-order valence-corrected chi connectivity index (χ1v) is 5.85. The first-order chi connectivity index (χ1) is 6.29. The summed E-state index contributed by atoms with van der Waals surface area (Å²) in [7, 11) is 0.738. The van der Waals surface area contributed by atoms with E-state index in [9.17, 15) is 9.00 Å². The van der Waals surface area contributed by atoms with Crippen molar-refractivity contribution in [3.05, 3.63) is 0 Å². The number of amides is 2. The number of hydrogen-bond acceptors (Lipinski definition) is 3. The first-order valence-electron chi connectivity index (χ1n) is 4.28. The summed E-state index contributed by atoms with van der Waals surface area (Å²) in [6.07, 6.45) is 1.47. The zero-order valence-corrected chi connectivity index (χ0v) is 9.21. The molecule has 6 nitrogen and oxygen atoms in total. The van der Waals surface area contributed by atoms with E-state index in [-0.39, 0.29) is 0 Å². The van der Waals surface area contributed by atoms with Crippen molar-refractivity contribution in [3.8, 4) is 0 Å². The number of primary amides is 1. The highest BCUT2D eigenvalue weighted by molar-refractivity contribution is 7.93. The molecule has 2 amide bonds. The van der Waals surface area contributed by atoms with Crippen molar-refractivity contribution in [1.82, 2.24) is 4.90 Å². The van der Waals surface area contributed by atoms with Gasteiger partial charge in [-0.2, -0.15) is 0 Å². The Labute approximate surface area is 83.9 Å². The highest BCUT2D eigenvalue weighted by atomic mass is 32.2. The largest absolute Gasteiger partial charge is 0.349 e. The molecule has 0 heterocycles. The molecule has 82 valence electrons. The van der Waals surface area contributed by atoms with Gasteiger partial charge in [0, 0.05) is 6.54 Å². The van der Waals surface area contributed by atoms with E-state index < -0.39 is 20.7 Å². The lowest BCUT2D eigenvalue weighted by molar-refractivity contribution is 0.257. The Kier molecular flexibility index (Phi) is 2.84. The molecule has 0 spiro atoms. The van der Waals surface area contributed by atoms with Crippen LogP contribution in [0.3, 0.4) is 0 Å². The molecule has 0 aromatic heterocycles. The molecule has 0 bridgehead atoms. The first kappa shape index (κ1) is 11.4. The van der Waals surface area contributed by atoms with Gasteiger partial charge in [0.25, 0.3) is 0 Å². The van der Waals surface area contributed by atoms with Gasteiger partial charge in [-0.3, -0.25) is 0 Å². The normalized spacial score (nSPS) is 22.9. The van der Waals surface area contributed by atoms with E-state index in [1.54, 1.807) is 0 Å². The predicted molar refractivity (Wildman–Crippen MR) is 54.9 cm³/mol. The summed E-state index contributed by atoms with van der Waals surface area (Å²) in [5, 5.41) is 5.54. The summed E-state index contributed by atoms with van der Waals surface area (Å²) in [5.41, 5.74) is 4.86. The van der Waals surface area contributed by atoms with Crippen LogP contribution >= 0.6 is 0 Å². The third kappa shape index (κ3) is 2.23. The Morgan fingerprint density at radius 2 is 2.07 bits per heavy atom. The topological polar surface area (TPSA) is 102 Å². The summed E-state index contributed by atoms with van der Waals surface area (Å²) < 4.78 is 14.7. The van der Waals surface area contributed by atoms with Crippen LogP contribution in [0, 0.1) is 0 Å². The van der Waals surface area contributed by atoms with Crippen molar-refractivity contribution in [2.75, 3.05) is 20.6 Å². The fraction of sp³-hybridized carbons (Fsp3) is 0.857. The molecule has 4 N–H and O–H groups in total. The van der Waals surface area contributed by atoms with Crippen LogP contribution < -0.4 is 10.9 Å². The highest BCUT2D eigenvalue weighted by Crippen LogP contribution is 2.43. The fourth-order valence-electron chi connectivity index (χ4n) is 1.49. The van der Waals surface area contributed by atoms with Crippen LogP contribution in [0.5, 0.6) is 0 Å². The van der Waals surface area contributed by atoms with E-state index in [0.717, 1.165) is 12.8 Å². The monoisotopic (exact) mass is 220 g/mol. The number of hydrogen-bond donors (Lipinski definition) is 2. The predicted octanol–water partition coefficient (Wildman–Crippen LogP) is -0.499. The second kappa shape index (κ2) is 3.48. The van der Waals surface area contributed by atoms with Crippen LogP contribution in [0.15, 0.2) is 4.36 Å². The molecule has 0 radical (unpaired) electrons. The quantitative estimate of drug-likeness (QED) is 0.670. The van der Waals surface area contributed by atoms with Crippen molar-refractivity contribution >= 4 is 15.9 Å². The number of rotatable bonds is 3. The van der Waals surface area contributed by atoms with Gasteiger partial charge in [-0.05, 0) is 26.9 Å². The minimum absolute atomic E-state index is 0.536. The zero-order chi connectivity index (χ0) is 11.0. The van der Waals surface area contributed by atoms with Crippen molar-refractivity contribution in [2.24, 2.45) is 15.2 Å². The molecule has 1 atom stereocenters. The van der Waals surface area contributed by atoms with Crippen molar-refractivity contribution < 1.29 is 9.00 Å². The maximum absolute atomic E-state index is 11.9. The summed E-state index contributed by atoms with van der Waals surface area (Å²) in [6.45, 7) is 0.569. The molecule has 7 heteroatoms. The third-order valence-electron chi connectivity index (χ3n) is 2.26. The van der Waals surface area contributed by atoms with Gasteiger partial charge in [-0.25, -0.2) is 14.1 Å². The Morgan fingerprint density at radius 3 is 2.36 bits per heavy atom. The van der Waals surface area contributed by atoms with Crippen LogP contribution in [-0.4, -0.2) is 40.5 Å². The summed E-state index contributed by atoms with van der Waals surface area (Å²) in [6, 6.07) is -0.956. The molecular weight excluding hydrogens is 204 g/mol. The summed E-state index contributed by atoms with van der Waals surface area (Å²) >= 11 is 0. The Morgan fingerprint density at radius 1 is 1.57 bits per heavy atom. The zero-order valence-electron chi connectivity index (χ0n) is 8.40. The highest BCUT2D eigenvalue weighted by Gasteiger charge is 2.51. The molecule has 1 aliphatic rings. The maximum Gasteiger partial charge on any atom is 0.347 e. The average molecular weight is 220 g/mol. The van der Waals surface area contributed by atoms with Crippen LogP contribution in [-0.2, 0) is 9.92 Å². The summed E-state index contributed by atoms with van der Waals surface area (Å²) in [5.74, 6) is 0. The SMILES string of the molecule is CN(C)CC1(S(N)(=O)=NC(N)=O)CC1. The molecule has 0 aromatic rings. The number of nitrogens with two attached hydrogens (primary N) is 2. The van der Waals surface area contributed by atoms with Crippen LogP contribution in [0.4, 0.5) is 4.79 Å². The summed E-state index contributed by atoms with van der Waals surface area (Å²) in [4.78, 5) is 12.4. The number of carbonyl (C=O) groups excluding carboxylic acids is 1. The van der Waals surface area contributed by atoms with Gasteiger partial charge >= 0.3 is 6.03 Å². The Bertz CT molecular complexity index is 353. The van der Waals surface area contributed by atoms with E-state index in [1.165, 1.54) is 0 Å². The molecule has 1 rings (SSSR count). The molecule has 0 aromatic carbocycles. The van der Waals surface area contributed by atoms with Gasteiger partial charge in [0.2, 0.25) is 0 Å². The average Bonchev–Trinajstić information content (AvgIpc) is 2.64. The van der Waals surface area contributed by atoms with E-state index in [1.807, 2.05) is 19.0 Å². The van der Waals surface area contributed by atoms with Gasteiger partial charge in [0.05, 0.1) is 4.75 Å². The van der Waals surface area contributed by atoms with E-state index in [4.69, 9.17) is 10.9 Å². The molecule has 0 saturated heterocycles. The second-order valence-electron chi connectivity index (χ2n) is 3.92. The van der Waals surface area contributed by atoms with Gasteiger partial charge in [-0.15, -0.1) is 4.36 Å². The van der Waals surface area contributed by atoms with Gasteiger partial charge < -0.3 is 10.6 Å². The second-order valence-corrected chi connectivity index (χ2v) is 6.10. The van der Waals surface area contributed by atoms with E-state index in [0.29, 0.717) is 6.54 Å². The Hall–Kier alpha value is -0.660. The lowest BCUT2D eigenvalue weighted by Gasteiger charge is -2.20. The molecule has 0 aliphatic heterocycles. The van der Waals surface area contributed by atoms with Gasteiger partial charge in [0.15, 0.2) is 0 Å². The molecule has 1 fully saturated rings. The van der Waals surface area contributed by atoms with Gasteiger partial charge in [-0.1, -0.05) is 0 Å². The fourth-order valence-corrected chi connectivity index (χ4v) is 3.08. The van der Waals surface area contributed by atoms with Crippen LogP contribution in [0.1, 0.15) is 12.8 Å². The van der Waals surface area contributed by atoms with Crippen molar-refractivity contribution in [1.29, 1.82) is 0 Å². The minimum Gasteiger partial charge on any atom is -0.349 e. The minimum atomic E-state index is -2.98. The van der Waals surface area contributed by atoms with E-state index >= 15 is 0 Å². The van der Waals surface area contributed by atoms with Crippen LogP contribution in [0.2, 0.25) is 0 Å². The number of carbonyl (C=O) groups is 1. The number of nitrogens with zero attached hydrogens (tertiary/aromatic N) is 2. The maximum atomic E-state index is 11.9. The van der Waals surface area contributed by atoms with Gasteiger partial charge in [0.1, 0.15) is 9.92 Å². The smallest absolute Gasteiger partial charge is 0.347 e. The Balaban J connectivity index is 2.93. The molecule has 1 saturated carbocycles. The molecule has 1 aliphatic carbocycles. The van der Waals surface area contributed by atoms with Crippen LogP contribution in [0.25, 0.3) is 0 Å². The van der Waals surface area contributed by atoms with Crippen molar-refractivity contribution in [3.63, 3.8) is 0 Å². The molecule has 14 heavy (non-hydrogen) atoms. The lowest BCUT2D eigenvalue weighted by Crippen LogP contribution is -2.39.